The molecule has 0 aliphatic heterocycles. The van der Waals surface area contributed by atoms with Gasteiger partial charge < -0.3 is 19.5 Å². The van der Waals surface area contributed by atoms with Crippen molar-refractivity contribution in [1.82, 2.24) is 0 Å². The van der Waals surface area contributed by atoms with Gasteiger partial charge in [-0.05, 0) is 24.0 Å². The first-order valence-corrected chi connectivity index (χ1v) is 6.00. The summed E-state index contributed by atoms with van der Waals surface area (Å²) < 4.78 is 23.7. The molecule has 1 rings (SSSR count). The van der Waals surface area contributed by atoms with Gasteiger partial charge in [-0.25, -0.2) is 4.39 Å². The van der Waals surface area contributed by atoms with Crippen molar-refractivity contribution < 1.29 is 23.9 Å². The summed E-state index contributed by atoms with van der Waals surface area (Å²) in [5.41, 5.74) is 0.0666. The molecule has 0 aliphatic rings. The van der Waals surface area contributed by atoms with Crippen molar-refractivity contribution in [2.45, 2.75) is 19.8 Å². The molecular formula is C12H18BFO4. The van der Waals surface area contributed by atoms with E-state index in [9.17, 15) is 4.39 Å². The molecule has 0 amide bonds. The summed E-state index contributed by atoms with van der Waals surface area (Å²) in [5.74, 6) is -0.306. The van der Waals surface area contributed by atoms with Gasteiger partial charge in [0.2, 0.25) is 0 Å². The fourth-order valence-corrected chi connectivity index (χ4v) is 1.38. The van der Waals surface area contributed by atoms with Gasteiger partial charge in [-0.15, -0.1) is 0 Å². The Morgan fingerprint density at radius 2 is 1.94 bits per heavy atom. The van der Waals surface area contributed by atoms with Crippen LogP contribution in [0.25, 0.3) is 0 Å². The smallest absolute Gasteiger partial charge is 0.488 e. The largest absolute Gasteiger partial charge is 0.491 e. The van der Waals surface area contributed by atoms with E-state index in [0.717, 1.165) is 18.9 Å². The number of benzene rings is 1. The van der Waals surface area contributed by atoms with Gasteiger partial charge in [0.05, 0.1) is 6.61 Å². The monoisotopic (exact) mass is 256 g/mol. The lowest BCUT2D eigenvalue weighted by Crippen LogP contribution is -2.30. The maximum Gasteiger partial charge on any atom is 0.488 e. The van der Waals surface area contributed by atoms with Gasteiger partial charge in [0.25, 0.3) is 0 Å². The van der Waals surface area contributed by atoms with E-state index in [1.165, 1.54) is 12.1 Å². The molecule has 0 saturated heterocycles. The molecule has 0 aliphatic carbocycles. The van der Waals surface area contributed by atoms with E-state index in [-0.39, 0.29) is 11.2 Å². The quantitative estimate of drug-likeness (QED) is 0.531. The average Bonchev–Trinajstić information content (AvgIpc) is 2.33. The number of hydrogen-bond acceptors (Lipinski definition) is 4. The summed E-state index contributed by atoms with van der Waals surface area (Å²) in [6.45, 7) is 3.49. The van der Waals surface area contributed by atoms with E-state index in [1.807, 2.05) is 0 Å². The van der Waals surface area contributed by atoms with Gasteiger partial charge in [-0.3, -0.25) is 0 Å². The first-order valence-electron chi connectivity index (χ1n) is 6.00. The second-order valence-corrected chi connectivity index (χ2v) is 3.91. The molecular weight excluding hydrogens is 238 g/mol. The summed E-state index contributed by atoms with van der Waals surface area (Å²) in [7, 11) is -1.70. The number of ether oxygens (including phenoxy) is 2. The molecule has 0 bridgehead atoms. The van der Waals surface area contributed by atoms with Gasteiger partial charge >= 0.3 is 7.12 Å². The van der Waals surface area contributed by atoms with Gasteiger partial charge in [0, 0.05) is 12.7 Å². The first-order chi connectivity index (χ1) is 8.63. The van der Waals surface area contributed by atoms with Crippen molar-refractivity contribution in [3.05, 3.63) is 24.0 Å². The Labute approximate surface area is 106 Å². The molecule has 4 nitrogen and oxygen atoms in total. The van der Waals surface area contributed by atoms with Crippen LogP contribution in [0.4, 0.5) is 4.39 Å². The highest BCUT2D eigenvalue weighted by atomic mass is 19.1. The maximum absolute atomic E-state index is 13.1. The summed E-state index contributed by atoms with van der Waals surface area (Å²) in [6.07, 6.45) is 2.07. The predicted molar refractivity (Wildman–Crippen MR) is 67.4 cm³/mol. The van der Waals surface area contributed by atoms with Crippen molar-refractivity contribution >= 4 is 12.6 Å². The Balaban J connectivity index is 2.37. The molecule has 0 aromatic heterocycles. The van der Waals surface area contributed by atoms with Crippen LogP contribution < -0.4 is 10.2 Å². The van der Waals surface area contributed by atoms with Gasteiger partial charge in [-0.1, -0.05) is 13.3 Å². The van der Waals surface area contributed by atoms with Crippen LogP contribution in [-0.2, 0) is 4.74 Å². The maximum atomic E-state index is 13.1. The van der Waals surface area contributed by atoms with Crippen molar-refractivity contribution in [3.8, 4) is 5.75 Å². The zero-order valence-electron chi connectivity index (χ0n) is 10.4. The van der Waals surface area contributed by atoms with E-state index >= 15 is 0 Å². The standard InChI is InChI=1S/C12H18BFO4/c1-2-3-4-17-5-6-18-12-8-10(13(15)16)7-11(14)9-12/h7-9,15-16H,2-6H2,1H3. The topological polar surface area (TPSA) is 58.9 Å². The summed E-state index contributed by atoms with van der Waals surface area (Å²) in [6, 6.07) is 3.63. The van der Waals surface area contributed by atoms with Crippen LogP contribution in [0.3, 0.4) is 0 Å². The third-order valence-electron chi connectivity index (χ3n) is 2.33. The van der Waals surface area contributed by atoms with Crippen LogP contribution in [0, 0.1) is 5.82 Å². The molecule has 1 aromatic rings. The molecule has 100 valence electrons. The average molecular weight is 256 g/mol. The normalized spacial score (nSPS) is 10.4. The minimum atomic E-state index is -1.70. The van der Waals surface area contributed by atoms with Crippen LogP contribution in [0.15, 0.2) is 18.2 Å². The van der Waals surface area contributed by atoms with Crippen molar-refractivity contribution in [2.75, 3.05) is 19.8 Å². The predicted octanol–water partition coefficient (Wildman–Crippen LogP) is 0.701. The highest BCUT2D eigenvalue weighted by molar-refractivity contribution is 6.58. The zero-order valence-corrected chi connectivity index (χ0v) is 10.4. The molecule has 0 spiro atoms. The zero-order chi connectivity index (χ0) is 13.4. The van der Waals surface area contributed by atoms with Crippen LogP contribution in [-0.4, -0.2) is 37.0 Å². The molecule has 0 unspecified atom stereocenters. The van der Waals surface area contributed by atoms with Crippen molar-refractivity contribution in [2.24, 2.45) is 0 Å². The van der Waals surface area contributed by atoms with Crippen LogP contribution in [0.1, 0.15) is 19.8 Å². The molecule has 6 heteroatoms. The number of halogens is 1. The third-order valence-corrected chi connectivity index (χ3v) is 2.33. The lowest BCUT2D eigenvalue weighted by molar-refractivity contribution is 0.0980. The minimum absolute atomic E-state index is 0.0666. The Hall–Kier alpha value is -1.11. The summed E-state index contributed by atoms with van der Waals surface area (Å²) >= 11 is 0. The number of rotatable bonds is 8. The van der Waals surface area contributed by atoms with Crippen LogP contribution >= 0.6 is 0 Å². The number of hydrogen-bond donors (Lipinski definition) is 2. The summed E-state index contributed by atoms with van der Waals surface area (Å²) in [4.78, 5) is 0. The number of unbranched alkanes of at least 4 members (excludes halogenated alkanes) is 1. The van der Waals surface area contributed by atoms with E-state index in [0.29, 0.717) is 19.8 Å². The molecule has 0 saturated carbocycles. The van der Waals surface area contributed by atoms with E-state index in [1.54, 1.807) is 0 Å². The minimum Gasteiger partial charge on any atom is -0.491 e. The Bertz CT molecular complexity index is 360. The van der Waals surface area contributed by atoms with E-state index < -0.39 is 12.9 Å². The molecule has 0 heterocycles. The molecule has 0 atom stereocenters. The lowest BCUT2D eigenvalue weighted by Gasteiger charge is -2.09. The Kier molecular flexibility index (Phi) is 6.71. The van der Waals surface area contributed by atoms with Gasteiger partial charge in [0.1, 0.15) is 18.2 Å². The van der Waals surface area contributed by atoms with E-state index in [4.69, 9.17) is 19.5 Å². The van der Waals surface area contributed by atoms with E-state index in [2.05, 4.69) is 6.92 Å². The molecule has 1 aromatic carbocycles. The molecule has 18 heavy (non-hydrogen) atoms. The Morgan fingerprint density at radius 3 is 2.61 bits per heavy atom. The Morgan fingerprint density at radius 1 is 1.17 bits per heavy atom. The van der Waals surface area contributed by atoms with Crippen molar-refractivity contribution in [1.29, 1.82) is 0 Å². The summed E-state index contributed by atoms with van der Waals surface area (Å²) in [5, 5.41) is 17.9. The second kappa shape index (κ2) is 8.08. The van der Waals surface area contributed by atoms with Crippen molar-refractivity contribution in [3.63, 3.8) is 0 Å². The highest BCUT2D eigenvalue weighted by Crippen LogP contribution is 2.10. The van der Waals surface area contributed by atoms with Gasteiger partial charge in [-0.2, -0.15) is 0 Å². The fourth-order valence-electron chi connectivity index (χ4n) is 1.38. The molecule has 2 N–H and O–H groups in total. The fraction of sp³-hybridized carbons (Fsp3) is 0.500. The third kappa shape index (κ3) is 5.49. The SMILES string of the molecule is CCCCOCCOc1cc(F)cc(B(O)O)c1. The van der Waals surface area contributed by atoms with Gasteiger partial charge in [0.15, 0.2) is 0 Å². The molecule has 0 radical (unpaired) electrons. The lowest BCUT2D eigenvalue weighted by atomic mass is 9.80. The second-order valence-electron chi connectivity index (χ2n) is 3.91. The highest BCUT2D eigenvalue weighted by Gasteiger charge is 2.13. The van der Waals surface area contributed by atoms with Crippen LogP contribution in [0.5, 0.6) is 5.75 Å². The first kappa shape index (κ1) is 15.0. The van der Waals surface area contributed by atoms with Crippen LogP contribution in [0.2, 0.25) is 0 Å². The molecule has 0 fully saturated rings.